The van der Waals surface area contributed by atoms with Crippen LogP contribution in [-0.2, 0) is 0 Å². The predicted molar refractivity (Wildman–Crippen MR) is 74.3 cm³/mol. The van der Waals surface area contributed by atoms with Gasteiger partial charge in [0.25, 0.3) is 0 Å². The van der Waals surface area contributed by atoms with E-state index in [1.165, 1.54) is 64.7 Å². The van der Waals surface area contributed by atoms with Crippen molar-refractivity contribution in [2.45, 2.75) is 58.4 Å². The highest BCUT2D eigenvalue weighted by atomic mass is 15.1. The lowest BCUT2D eigenvalue weighted by Crippen LogP contribution is -2.44. The molecular formula is C15H30N2. The van der Waals surface area contributed by atoms with E-state index in [2.05, 4.69) is 24.1 Å². The van der Waals surface area contributed by atoms with Gasteiger partial charge < -0.3 is 10.2 Å². The minimum absolute atomic E-state index is 0.781. The summed E-state index contributed by atoms with van der Waals surface area (Å²) in [6.45, 7) is 9.97. The van der Waals surface area contributed by atoms with Crippen LogP contribution in [0.4, 0.5) is 0 Å². The second kappa shape index (κ2) is 6.75. The van der Waals surface area contributed by atoms with Crippen molar-refractivity contribution in [2.75, 3.05) is 26.2 Å². The van der Waals surface area contributed by atoms with Gasteiger partial charge in [0.1, 0.15) is 0 Å². The van der Waals surface area contributed by atoms with E-state index < -0.39 is 0 Å². The molecule has 1 N–H and O–H groups in total. The Morgan fingerprint density at radius 3 is 2.53 bits per heavy atom. The molecule has 0 aromatic heterocycles. The molecule has 1 aliphatic heterocycles. The second-order valence-electron chi connectivity index (χ2n) is 6.23. The number of likely N-dealkylation sites (tertiary alicyclic amines) is 1. The van der Waals surface area contributed by atoms with Crippen LogP contribution in [0.15, 0.2) is 0 Å². The van der Waals surface area contributed by atoms with E-state index in [1.807, 2.05) is 0 Å². The molecule has 1 saturated heterocycles. The summed E-state index contributed by atoms with van der Waals surface area (Å²) in [6.07, 6.45) is 8.53. The number of nitrogens with one attached hydrogen (secondary N) is 1. The van der Waals surface area contributed by atoms with Crippen molar-refractivity contribution in [1.82, 2.24) is 10.2 Å². The summed E-state index contributed by atoms with van der Waals surface area (Å²) in [5.41, 5.74) is 0. The molecule has 1 saturated carbocycles. The summed E-state index contributed by atoms with van der Waals surface area (Å²) in [4.78, 5) is 2.63. The zero-order valence-corrected chi connectivity index (χ0v) is 11.8. The molecule has 100 valence electrons. The number of nitrogens with zero attached hydrogens (tertiary/aromatic N) is 1. The van der Waals surface area contributed by atoms with Crippen molar-refractivity contribution >= 4 is 0 Å². The van der Waals surface area contributed by atoms with Crippen LogP contribution in [0, 0.1) is 11.8 Å². The normalized spacial score (nSPS) is 36.0. The number of piperidine rings is 1. The van der Waals surface area contributed by atoms with Crippen LogP contribution >= 0.6 is 0 Å². The third-order valence-corrected chi connectivity index (χ3v) is 4.99. The van der Waals surface area contributed by atoms with Gasteiger partial charge in [0.15, 0.2) is 0 Å². The van der Waals surface area contributed by atoms with Crippen LogP contribution in [-0.4, -0.2) is 37.1 Å². The van der Waals surface area contributed by atoms with Gasteiger partial charge in [0.2, 0.25) is 0 Å². The Morgan fingerprint density at radius 1 is 1.00 bits per heavy atom. The largest absolute Gasteiger partial charge is 0.312 e. The molecule has 0 spiro atoms. The van der Waals surface area contributed by atoms with Crippen molar-refractivity contribution in [3.8, 4) is 0 Å². The summed E-state index contributed by atoms with van der Waals surface area (Å²) < 4.78 is 0. The topological polar surface area (TPSA) is 15.3 Å². The molecule has 0 aromatic carbocycles. The molecule has 0 aromatic rings. The molecule has 0 amide bonds. The molecule has 2 fully saturated rings. The maximum atomic E-state index is 3.81. The van der Waals surface area contributed by atoms with Gasteiger partial charge in [0, 0.05) is 19.1 Å². The molecule has 3 atom stereocenters. The lowest BCUT2D eigenvalue weighted by Gasteiger charge is -2.35. The Bertz CT molecular complexity index is 211. The van der Waals surface area contributed by atoms with Crippen molar-refractivity contribution in [2.24, 2.45) is 11.8 Å². The van der Waals surface area contributed by atoms with Crippen LogP contribution in [0.25, 0.3) is 0 Å². The predicted octanol–water partition coefficient (Wildman–Crippen LogP) is 2.89. The van der Waals surface area contributed by atoms with Gasteiger partial charge >= 0.3 is 0 Å². The van der Waals surface area contributed by atoms with Crippen molar-refractivity contribution in [3.63, 3.8) is 0 Å². The Hall–Kier alpha value is -0.0800. The lowest BCUT2D eigenvalue weighted by molar-refractivity contribution is 0.187. The van der Waals surface area contributed by atoms with E-state index in [0.29, 0.717) is 0 Å². The molecule has 0 radical (unpaired) electrons. The molecule has 17 heavy (non-hydrogen) atoms. The van der Waals surface area contributed by atoms with E-state index in [4.69, 9.17) is 0 Å². The van der Waals surface area contributed by atoms with Gasteiger partial charge in [-0.2, -0.15) is 0 Å². The third kappa shape index (κ3) is 3.96. The van der Waals surface area contributed by atoms with Crippen molar-refractivity contribution in [3.05, 3.63) is 0 Å². The highest BCUT2D eigenvalue weighted by Gasteiger charge is 2.26. The maximum absolute atomic E-state index is 3.81. The van der Waals surface area contributed by atoms with Crippen LogP contribution in [0.1, 0.15) is 52.4 Å². The standard InChI is InChI=1S/C15H30N2/c1-13-7-6-8-15(14(13)2)16-9-12-17-10-4-3-5-11-17/h13-16H,3-12H2,1-2H3. The second-order valence-corrected chi connectivity index (χ2v) is 6.23. The van der Waals surface area contributed by atoms with Gasteiger partial charge in [0.05, 0.1) is 0 Å². The van der Waals surface area contributed by atoms with Crippen molar-refractivity contribution in [1.29, 1.82) is 0 Å². The molecule has 1 aliphatic carbocycles. The fourth-order valence-electron chi connectivity index (χ4n) is 3.46. The first-order valence-electron chi connectivity index (χ1n) is 7.73. The fraction of sp³-hybridized carbons (Fsp3) is 1.00. The smallest absolute Gasteiger partial charge is 0.0107 e. The van der Waals surface area contributed by atoms with E-state index in [1.54, 1.807) is 0 Å². The molecule has 2 aliphatic rings. The van der Waals surface area contributed by atoms with Crippen LogP contribution in [0.2, 0.25) is 0 Å². The number of hydrogen-bond donors (Lipinski definition) is 1. The summed E-state index contributed by atoms with van der Waals surface area (Å²) in [7, 11) is 0. The quantitative estimate of drug-likeness (QED) is 0.810. The summed E-state index contributed by atoms with van der Waals surface area (Å²) >= 11 is 0. The molecule has 2 rings (SSSR count). The van der Waals surface area contributed by atoms with Crippen molar-refractivity contribution < 1.29 is 0 Å². The van der Waals surface area contributed by atoms with E-state index >= 15 is 0 Å². The molecule has 2 heteroatoms. The molecule has 1 heterocycles. The minimum Gasteiger partial charge on any atom is -0.312 e. The zero-order chi connectivity index (χ0) is 12.1. The minimum atomic E-state index is 0.781. The van der Waals surface area contributed by atoms with Gasteiger partial charge in [-0.3, -0.25) is 0 Å². The number of hydrogen-bond acceptors (Lipinski definition) is 2. The summed E-state index contributed by atoms with van der Waals surface area (Å²) in [5, 5.41) is 3.81. The average molecular weight is 238 g/mol. The first-order chi connectivity index (χ1) is 8.27. The fourth-order valence-corrected chi connectivity index (χ4v) is 3.46. The lowest BCUT2D eigenvalue weighted by atomic mass is 9.78. The Labute approximate surface area is 107 Å². The number of rotatable bonds is 4. The SMILES string of the molecule is CC1CCCC(NCCN2CCCCC2)C1C. The first kappa shape index (κ1) is 13.4. The zero-order valence-electron chi connectivity index (χ0n) is 11.8. The third-order valence-electron chi connectivity index (χ3n) is 4.99. The van der Waals surface area contributed by atoms with Gasteiger partial charge in [-0.25, -0.2) is 0 Å². The van der Waals surface area contributed by atoms with Crippen LogP contribution < -0.4 is 5.32 Å². The average Bonchev–Trinajstić information content (AvgIpc) is 2.36. The molecular weight excluding hydrogens is 208 g/mol. The summed E-state index contributed by atoms with van der Waals surface area (Å²) in [6, 6.07) is 0.781. The highest BCUT2D eigenvalue weighted by Crippen LogP contribution is 2.29. The highest BCUT2D eigenvalue weighted by molar-refractivity contribution is 4.82. The first-order valence-corrected chi connectivity index (χ1v) is 7.73. The van der Waals surface area contributed by atoms with Crippen LogP contribution in [0.5, 0.6) is 0 Å². The maximum Gasteiger partial charge on any atom is 0.0107 e. The monoisotopic (exact) mass is 238 g/mol. The Kier molecular flexibility index (Phi) is 5.30. The Morgan fingerprint density at radius 2 is 1.76 bits per heavy atom. The van der Waals surface area contributed by atoms with Gasteiger partial charge in [-0.1, -0.05) is 33.1 Å². The molecule has 3 unspecified atom stereocenters. The van der Waals surface area contributed by atoms with E-state index in [-0.39, 0.29) is 0 Å². The molecule has 0 bridgehead atoms. The van der Waals surface area contributed by atoms with Gasteiger partial charge in [-0.05, 0) is 44.2 Å². The van der Waals surface area contributed by atoms with Gasteiger partial charge in [-0.15, -0.1) is 0 Å². The Balaban J connectivity index is 1.63. The summed E-state index contributed by atoms with van der Waals surface area (Å²) in [5.74, 6) is 1.78. The van der Waals surface area contributed by atoms with Crippen LogP contribution in [0.3, 0.4) is 0 Å². The molecule has 2 nitrogen and oxygen atoms in total. The van der Waals surface area contributed by atoms with E-state index in [9.17, 15) is 0 Å². The van der Waals surface area contributed by atoms with E-state index in [0.717, 1.165) is 17.9 Å².